The van der Waals surface area contributed by atoms with Gasteiger partial charge in [0.1, 0.15) is 11.4 Å². The summed E-state index contributed by atoms with van der Waals surface area (Å²) >= 11 is 0. The van der Waals surface area contributed by atoms with E-state index >= 15 is 0 Å². The number of aromatic nitrogens is 1. The molecule has 3 atom stereocenters. The number of carbonyl (C=O) groups is 2. The van der Waals surface area contributed by atoms with Gasteiger partial charge in [0.2, 0.25) is 5.91 Å². The molecule has 0 bridgehead atoms. The zero-order valence-corrected chi connectivity index (χ0v) is 27.3. The van der Waals surface area contributed by atoms with Gasteiger partial charge >= 0.3 is 6.09 Å². The first-order chi connectivity index (χ1) is 21.2. The van der Waals surface area contributed by atoms with E-state index in [1.165, 1.54) is 12.1 Å². The molecule has 11 heteroatoms. The molecule has 0 saturated carbocycles. The third-order valence-electron chi connectivity index (χ3n) is 8.72. The van der Waals surface area contributed by atoms with E-state index in [2.05, 4.69) is 29.7 Å². The standard InChI is InChI=1S/C34H45FN6O4/c1-23-17-39(27(18-38-11-12-44-28(15-36)20-38)19-40(23)32(43)45-33(2,3)4)21-30(42)41-22-34(5,6)31-29(41)14-25(16-37-31)13-24-7-9-26(35)10-8-24/h7-10,14,16,23,27-28H,11-13,17-22H2,1-6H3/t23-,27+,28?/m1/s1. The first-order valence-corrected chi connectivity index (χ1v) is 15.7. The Hall–Kier alpha value is -3.59. The minimum atomic E-state index is -0.622. The molecule has 0 N–H and O–H groups in total. The number of amides is 2. The summed E-state index contributed by atoms with van der Waals surface area (Å²) in [6.07, 6.45) is 1.57. The van der Waals surface area contributed by atoms with Crippen molar-refractivity contribution >= 4 is 17.7 Å². The van der Waals surface area contributed by atoms with E-state index in [0.717, 1.165) is 22.5 Å². The summed E-state index contributed by atoms with van der Waals surface area (Å²) in [5, 5.41) is 9.45. The molecule has 10 nitrogen and oxygen atoms in total. The van der Waals surface area contributed by atoms with Crippen molar-refractivity contribution in [3.8, 4) is 6.07 Å². The van der Waals surface area contributed by atoms with Crippen LogP contribution >= 0.6 is 0 Å². The molecule has 3 aliphatic rings. The maximum absolute atomic E-state index is 14.1. The van der Waals surface area contributed by atoms with Crippen LogP contribution in [0.3, 0.4) is 0 Å². The molecular formula is C34H45FN6O4. The number of halogens is 1. The molecule has 1 aromatic heterocycles. The SMILES string of the molecule is C[C@@H]1CN(CC(=O)N2CC(C)(C)c3ncc(Cc4ccc(F)cc4)cc32)[C@@H](CN2CCOC(C#N)C2)CN1C(=O)OC(C)(C)C. The number of benzene rings is 1. The number of anilines is 1. The molecule has 2 fully saturated rings. The summed E-state index contributed by atoms with van der Waals surface area (Å²) in [5.74, 6) is -0.301. The van der Waals surface area contributed by atoms with Crippen LogP contribution in [0.4, 0.5) is 14.9 Å². The molecule has 45 heavy (non-hydrogen) atoms. The number of morpholine rings is 1. The summed E-state index contributed by atoms with van der Waals surface area (Å²) in [7, 11) is 0. The molecule has 2 aromatic rings. The summed E-state index contributed by atoms with van der Waals surface area (Å²) in [6, 6.07) is 10.4. The molecule has 0 spiro atoms. The number of nitrogens with zero attached hydrogens (tertiary/aromatic N) is 6. The third kappa shape index (κ3) is 7.80. The van der Waals surface area contributed by atoms with Gasteiger partial charge < -0.3 is 19.3 Å². The van der Waals surface area contributed by atoms with Crippen molar-refractivity contribution in [1.29, 1.82) is 5.26 Å². The lowest BCUT2D eigenvalue weighted by atomic mass is 9.91. The quantitative estimate of drug-likeness (QED) is 0.478. The van der Waals surface area contributed by atoms with Crippen molar-refractivity contribution < 1.29 is 23.5 Å². The Morgan fingerprint density at radius 1 is 1.16 bits per heavy atom. The van der Waals surface area contributed by atoms with E-state index in [1.807, 2.05) is 44.9 Å². The zero-order chi connectivity index (χ0) is 32.5. The van der Waals surface area contributed by atoms with E-state index in [4.69, 9.17) is 14.5 Å². The molecule has 5 rings (SSSR count). The van der Waals surface area contributed by atoms with Crippen LogP contribution in [0.15, 0.2) is 36.5 Å². The largest absolute Gasteiger partial charge is 0.444 e. The van der Waals surface area contributed by atoms with E-state index in [0.29, 0.717) is 52.3 Å². The third-order valence-corrected chi connectivity index (χ3v) is 8.72. The Balaban J connectivity index is 1.36. The normalized spacial score (nSPS) is 23.8. The fraction of sp³-hybridized carbons (Fsp3) is 0.588. The summed E-state index contributed by atoms with van der Waals surface area (Å²) in [6.45, 7) is 15.6. The van der Waals surface area contributed by atoms with Crippen LogP contribution < -0.4 is 4.90 Å². The van der Waals surface area contributed by atoms with Crippen LogP contribution in [0.2, 0.25) is 0 Å². The molecule has 2 saturated heterocycles. The second kappa shape index (κ2) is 13.0. The number of pyridine rings is 1. The van der Waals surface area contributed by atoms with Crippen LogP contribution in [0.5, 0.6) is 0 Å². The lowest BCUT2D eigenvalue weighted by Gasteiger charge is -2.47. The number of hydrogen-bond donors (Lipinski definition) is 0. The van der Waals surface area contributed by atoms with Crippen molar-refractivity contribution in [3.63, 3.8) is 0 Å². The van der Waals surface area contributed by atoms with Gasteiger partial charge in [-0.1, -0.05) is 26.0 Å². The van der Waals surface area contributed by atoms with Crippen molar-refractivity contribution in [2.24, 2.45) is 0 Å². The van der Waals surface area contributed by atoms with E-state index in [1.54, 1.807) is 17.0 Å². The number of hydrogen-bond acceptors (Lipinski definition) is 8. The molecular weight excluding hydrogens is 575 g/mol. The molecule has 4 heterocycles. The van der Waals surface area contributed by atoms with Gasteiger partial charge in [-0.2, -0.15) is 5.26 Å². The topological polar surface area (TPSA) is 102 Å². The van der Waals surface area contributed by atoms with Crippen LogP contribution in [0.1, 0.15) is 58.4 Å². The van der Waals surface area contributed by atoms with E-state index in [-0.39, 0.29) is 41.9 Å². The van der Waals surface area contributed by atoms with Crippen LogP contribution in [-0.4, -0.2) is 108 Å². The minimum Gasteiger partial charge on any atom is -0.444 e. The number of ether oxygens (including phenoxy) is 2. The van der Waals surface area contributed by atoms with Gasteiger partial charge in [0.05, 0.1) is 30.6 Å². The number of carbonyl (C=O) groups excluding carboxylic acids is 2. The van der Waals surface area contributed by atoms with Gasteiger partial charge in [-0.05, 0) is 63.4 Å². The number of rotatable bonds is 6. The highest BCUT2D eigenvalue weighted by Crippen LogP contribution is 2.40. The van der Waals surface area contributed by atoms with Gasteiger partial charge in [-0.15, -0.1) is 0 Å². The van der Waals surface area contributed by atoms with Gasteiger partial charge in [0, 0.05) is 63.0 Å². The highest BCUT2D eigenvalue weighted by molar-refractivity contribution is 5.97. The smallest absolute Gasteiger partial charge is 0.410 e. The Labute approximate surface area is 265 Å². The fourth-order valence-electron chi connectivity index (χ4n) is 6.49. The van der Waals surface area contributed by atoms with Gasteiger partial charge in [0.15, 0.2) is 6.10 Å². The number of fused-ring (bicyclic) bond motifs is 1. The first-order valence-electron chi connectivity index (χ1n) is 15.7. The monoisotopic (exact) mass is 620 g/mol. The number of piperazine rings is 1. The highest BCUT2D eigenvalue weighted by Gasteiger charge is 2.42. The average molecular weight is 621 g/mol. The lowest BCUT2D eigenvalue weighted by molar-refractivity contribution is -0.121. The van der Waals surface area contributed by atoms with Gasteiger partial charge in [0.25, 0.3) is 0 Å². The average Bonchev–Trinajstić information content (AvgIpc) is 3.24. The second-order valence-corrected chi connectivity index (χ2v) is 14.2. The second-order valence-electron chi connectivity index (χ2n) is 14.2. The number of nitriles is 1. The van der Waals surface area contributed by atoms with Crippen LogP contribution in [0, 0.1) is 17.1 Å². The Morgan fingerprint density at radius 3 is 2.58 bits per heavy atom. The molecule has 0 aliphatic carbocycles. The minimum absolute atomic E-state index is 0.0256. The predicted molar refractivity (Wildman–Crippen MR) is 168 cm³/mol. The first kappa shape index (κ1) is 32.8. The van der Waals surface area contributed by atoms with Crippen molar-refractivity contribution in [2.75, 3.05) is 57.3 Å². The van der Waals surface area contributed by atoms with Crippen molar-refractivity contribution in [1.82, 2.24) is 19.7 Å². The van der Waals surface area contributed by atoms with Crippen molar-refractivity contribution in [2.45, 2.75) is 77.2 Å². The Bertz CT molecular complexity index is 1440. The maximum Gasteiger partial charge on any atom is 0.410 e. The molecule has 2 amide bonds. The van der Waals surface area contributed by atoms with Crippen LogP contribution in [-0.2, 0) is 26.1 Å². The highest BCUT2D eigenvalue weighted by atomic mass is 19.1. The Kier molecular flexibility index (Phi) is 9.49. The molecule has 1 aromatic carbocycles. The molecule has 242 valence electrons. The summed E-state index contributed by atoms with van der Waals surface area (Å²) in [5.41, 5.74) is 2.67. The predicted octanol–water partition coefficient (Wildman–Crippen LogP) is 3.97. The van der Waals surface area contributed by atoms with Gasteiger partial charge in [-0.3, -0.25) is 19.6 Å². The van der Waals surface area contributed by atoms with E-state index in [9.17, 15) is 19.2 Å². The molecule has 1 unspecified atom stereocenters. The maximum atomic E-state index is 14.1. The van der Waals surface area contributed by atoms with Crippen LogP contribution in [0.25, 0.3) is 0 Å². The van der Waals surface area contributed by atoms with E-state index < -0.39 is 11.7 Å². The van der Waals surface area contributed by atoms with Crippen molar-refractivity contribution in [3.05, 3.63) is 59.2 Å². The summed E-state index contributed by atoms with van der Waals surface area (Å²) in [4.78, 5) is 40.1. The lowest BCUT2D eigenvalue weighted by Crippen LogP contribution is -2.64. The molecule has 3 aliphatic heterocycles. The zero-order valence-electron chi connectivity index (χ0n) is 27.3. The molecule has 0 radical (unpaired) electrons. The summed E-state index contributed by atoms with van der Waals surface area (Å²) < 4.78 is 24.7. The Morgan fingerprint density at radius 2 is 1.89 bits per heavy atom. The fourth-order valence-corrected chi connectivity index (χ4v) is 6.49. The van der Waals surface area contributed by atoms with Gasteiger partial charge in [-0.25, -0.2) is 9.18 Å².